The highest BCUT2D eigenvalue weighted by atomic mass is 16.5. The van der Waals surface area contributed by atoms with E-state index in [1.54, 1.807) is 6.92 Å². The zero-order valence-electron chi connectivity index (χ0n) is 9.64. The van der Waals surface area contributed by atoms with Crippen LogP contribution in [0.4, 0.5) is 0 Å². The highest BCUT2D eigenvalue weighted by molar-refractivity contribution is 5.85. The molecule has 0 aliphatic rings. The van der Waals surface area contributed by atoms with E-state index in [0.717, 1.165) is 0 Å². The average Bonchev–Trinajstić information content (AvgIpc) is 2.26. The van der Waals surface area contributed by atoms with Gasteiger partial charge in [0.1, 0.15) is 6.04 Å². The van der Waals surface area contributed by atoms with Gasteiger partial charge in [-0.15, -0.1) is 0 Å². The maximum Gasteiger partial charge on any atom is 0.326 e. The first-order valence-corrected chi connectivity index (χ1v) is 5.29. The van der Waals surface area contributed by atoms with Gasteiger partial charge in [0.15, 0.2) is 0 Å². The van der Waals surface area contributed by atoms with E-state index in [4.69, 9.17) is 10.2 Å². The van der Waals surface area contributed by atoms with Gasteiger partial charge >= 0.3 is 11.9 Å². The Bertz CT molecular complexity index is 278. The van der Waals surface area contributed by atoms with Gasteiger partial charge in [-0.3, -0.25) is 9.59 Å². The van der Waals surface area contributed by atoms with Crippen LogP contribution in [0, 0.1) is 0 Å². The number of nitrogens with one attached hydrogen (secondary N) is 1. The molecule has 0 bridgehead atoms. The Morgan fingerprint density at radius 3 is 2.41 bits per heavy atom. The van der Waals surface area contributed by atoms with Gasteiger partial charge in [-0.05, 0) is 6.92 Å². The summed E-state index contributed by atoms with van der Waals surface area (Å²) in [6.45, 7) is 1.55. The monoisotopic (exact) mass is 247 g/mol. The highest BCUT2D eigenvalue weighted by Gasteiger charge is 2.19. The van der Waals surface area contributed by atoms with Crippen molar-refractivity contribution in [2.24, 2.45) is 0 Å². The molecule has 0 rings (SSSR count). The van der Waals surface area contributed by atoms with Gasteiger partial charge in [0, 0.05) is 19.4 Å². The second-order valence-corrected chi connectivity index (χ2v) is 3.28. The second-order valence-electron chi connectivity index (χ2n) is 3.28. The molecule has 17 heavy (non-hydrogen) atoms. The smallest absolute Gasteiger partial charge is 0.326 e. The van der Waals surface area contributed by atoms with Gasteiger partial charge in [0.25, 0.3) is 0 Å². The number of carboxylic acid groups (broad SMARTS) is 1. The van der Waals surface area contributed by atoms with Crippen LogP contribution in [-0.4, -0.2) is 47.3 Å². The molecule has 98 valence electrons. The molecule has 7 heteroatoms. The fraction of sp³-hybridized carbons (Fsp3) is 0.700. The number of aliphatic carboxylic acids is 1. The van der Waals surface area contributed by atoms with Crippen molar-refractivity contribution >= 4 is 17.8 Å². The van der Waals surface area contributed by atoms with E-state index in [2.05, 4.69) is 10.1 Å². The van der Waals surface area contributed by atoms with E-state index in [0.29, 0.717) is 0 Å². The molecule has 0 aliphatic heterocycles. The number of esters is 1. The summed E-state index contributed by atoms with van der Waals surface area (Å²) in [6, 6.07) is -1.13. The molecule has 7 nitrogen and oxygen atoms in total. The lowest BCUT2D eigenvalue weighted by Gasteiger charge is -2.12. The molecular formula is C10H17NO6. The van der Waals surface area contributed by atoms with E-state index in [9.17, 15) is 14.4 Å². The number of aliphatic hydroxyl groups is 1. The van der Waals surface area contributed by atoms with Crippen molar-refractivity contribution in [1.29, 1.82) is 0 Å². The molecule has 0 aliphatic carbocycles. The van der Waals surface area contributed by atoms with E-state index in [1.165, 1.54) is 0 Å². The van der Waals surface area contributed by atoms with Crippen LogP contribution in [0.1, 0.15) is 26.2 Å². The van der Waals surface area contributed by atoms with Crippen molar-refractivity contribution in [3.63, 3.8) is 0 Å². The molecule has 0 unspecified atom stereocenters. The molecule has 1 amide bonds. The molecule has 3 N–H and O–H groups in total. The summed E-state index contributed by atoms with van der Waals surface area (Å²) in [6.07, 6.45) is -0.292. The topological polar surface area (TPSA) is 113 Å². The summed E-state index contributed by atoms with van der Waals surface area (Å²) in [5, 5.41) is 19.5. The molecule has 0 radical (unpaired) electrons. The normalized spacial score (nSPS) is 11.6. The molecule has 0 aromatic heterocycles. The van der Waals surface area contributed by atoms with Crippen molar-refractivity contribution in [2.75, 3.05) is 13.2 Å². The van der Waals surface area contributed by atoms with Gasteiger partial charge in [-0.1, -0.05) is 0 Å². The predicted octanol–water partition coefficient (Wildman–Crippen LogP) is -0.718. The average molecular weight is 247 g/mol. The van der Waals surface area contributed by atoms with Gasteiger partial charge in [0.05, 0.1) is 13.0 Å². The Balaban J connectivity index is 3.98. The van der Waals surface area contributed by atoms with Crippen LogP contribution in [0.15, 0.2) is 0 Å². The highest BCUT2D eigenvalue weighted by Crippen LogP contribution is 1.97. The minimum absolute atomic E-state index is 0.0690. The minimum atomic E-state index is -1.22. The van der Waals surface area contributed by atoms with Gasteiger partial charge < -0.3 is 20.3 Å². The number of hydrogen-bond donors (Lipinski definition) is 3. The lowest BCUT2D eigenvalue weighted by molar-refractivity contribution is -0.145. The first-order chi connectivity index (χ1) is 8.01. The lowest BCUT2D eigenvalue weighted by atomic mass is 10.2. The molecule has 0 aromatic rings. The number of amides is 1. The van der Waals surface area contributed by atoms with Crippen molar-refractivity contribution in [3.05, 3.63) is 0 Å². The van der Waals surface area contributed by atoms with Crippen molar-refractivity contribution in [1.82, 2.24) is 5.32 Å². The van der Waals surface area contributed by atoms with Crippen LogP contribution in [0.2, 0.25) is 0 Å². The number of hydrogen-bond acceptors (Lipinski definition) is 5. The number of ether oxygens (including phenoxy) is 1. The van der Waals surface area contributed by atoms with Gasteiger partial charge in [-0.2, -0.15) is 0 Å². The summed E-state index contributed by atoms with van der Waals surface area (Å²) in [5.74, 6) is -2.28. The molecule has 0 saturated carbocycles. The summed E-state index contributed by atoms with van der Waals surface area (Å²) < 4.78 is 4.62. The number of carbonyl (C=O) groups is 3. The lowest BCUT2D eigenvalue weighted by Crippen LogP contribution is -2.41. The molecule has 0 fully saturated rings. The van der Waals surface area contributed by atoms with Crippen LogP contribution in [0.5, 0.6) is 0 Å². The zero-order chi connectivity index (χ0) is 13.3. The Kier molecular flexibility index (Phi) is 7.70. The fourth-order valence-corrected chi connectivity index (χ4v) is 1.10. The van der Waals surface area contributed by atoms with E-state index >= 15 is 0 Å². The van der Waals surface area contributed by atoms with Crippen LogP contribution in [-0.2, 0) is 19.1 Å². The van der Waals surface area contributed by atoms with Crippen LogP contribution in [0.3, 0.4) is 0 Å². The van der Waals surface area contributed by atoms with Crippen LogP contribution >= 0.6 is 0 Å². The third kappa shape index (κ3) is 7.29. The molecule has 1 atom stereocenters. The molecule has 0 spiro atoms. The first-order valence-electron chi connectivity index (χ1n) is 5.29. The standard InChI is InChI=1S/C10H17NO6/c1-2-17-9(14)4-3-8(13)11-7(5-6-12)10(15)16/h7,12H,2-6H2,1H3,(H,11,13)(H,15,16)/t7-/m0/s1. The number of carboxylic acids is 1. The predicted molar refractivity (Wildman–Crippen MR) is 57.1 cm³/mol. The summed E-state index contributed by atoms with van der Waals surface area (Å²) in [4.78, 5) is 32.9. The van der Waals surface area contributed by atoms with E-state index in [-0.39, 0.29) is 32.5 Å². The SMILES string of the molecule is CCOC(=O)CCC(=O)N[C@@H](CCO)C(=O)O. The van der Waals surface area contributed by atoms with E-state index < -0.39 is 23.9 Å². The van der Waals surface area contributed by atoms with Gasteiger partial charge in [-0.25, -0.2) is 4.79 Å². The third-order valence-electron chi connectivity index (χ3n) is 1.91. The van der Waals surface area contributed by atoms with Crippen LogP contribution < -0.4 is 5.32 Å². The molecule has 0 saturated heterocycles. The maximum absolute atomic E-state index is 11.3. The van der Waals surface area contributed by atoms with E-state index in [1.807, 2.05) is 0 Å². The Hall–Kier alpha value is -1.63. The van der Waals surface area contributed by atoms with Crippen molar-refractivity contribution < 1.29 is 29.3 Å². The Morgan fingerprint density at radius 2 is 1.94 bits per heavy atom. The Morgan fingerprint density at radius 1 is 1.29 bits per heavy atom. The summed E-state index contributed by atoms with van der Waals surface area (Å²) in [7, 11) is 0. The minimum Gasteiger partial charge on any atom is -0.480 e. The van der Waals surface area contributed by atoms with Gasteiger partial charge in [0.2, 0.25) is 5.91 Å². The number of aliphatic hydroxyl groups excluding tert-OH is 1. The fourth-order valence-electron chi connectivity index (χ4n) is 1.10. The molecular weight excluding hydrogens is 230 g/mol. The quantitative estimate of drug-likeness (QED) is 0.488. The maximum atomic E-state index is 11.3. The third-order valence-corrected chi connectivity index (χ3v) is 1.91. The Labute approximate surface area is 98.8 Å². The number of carbonyl (C=O) groups excluding carboxylic acids is 2. The van der Waals surface area contributed by atoms with Crippen LogP contribution in [0.25, 0.3) is 0 Å². The molecule has 0 aromatic carbocycles. The van der Waals surface area contributed by atoms with Crippen molar-refractivity contribution in [3.8, 4) is 0 Å². The summed E-state index contributed by atoms with van der Waals surface area (Å²) in [5.41, 5.74) is 0. The zero-order valence-corrected chi connectivity index (χ0v) is 9.64. The largest absolute Gasteiger partial charge is 0.480 e. The van der Waals surface area contributed by atoms with Crippen molar-refractivity contribution in [2.45, 2.75) is 32.2 Å². The second kappa shape index (κ2) is 8.51. The first kappa shape index (κ1) is 15.4. The summed E-state index contributed by atoms with van der Waals surface area (Å²) >= 11 is 0. The molecule has 0 heterocycles. The number of rotatable bonds is 8.